The van der Waals surface area contributed by atoms with E-state index in [1.54, 1.807) is 36.4 Å². The van der Waals surface area contributed by atoms with Crippen molar-refractivity contribution in [3.63, 3.8) is 0 Å². The molecular formula is C26H21BrN2O6S. The lowest BCUT2D eigenvalue weighted by molar-refractivity contribution is -0.384. The standard InChI is InChI=1S/C26H21BrN2O6S/c1-2-34-23-13-18(8-11-22(23)35-16-17-6-9-21(10-7-17)29(32)33)14-24-25(30)28(26(31)36-24)15-19-4-3-5-20(27)12-19/h3-14H,2,15-16H2,1H3/b24-14+. The molecule has 2 amide bonds. The Morgan fingerprint density at radius 2 is 1.78 bits per heavy atom. The zero-order valence-corrected chi connectivity index (χ0v) is 21.6. The van der Waals surface area contributed by atoms with Crippen LogP contribution in [0, 0.1) is 10.1 Å². The molecule has 0 radical (unpaired) electrons. The van der Waals surface area contributed by atoms with Crippen LogP contribution in [0.15, 0.2) is 76.1 Å². The predicted octanol–water partition coefficient (Wildman–Crippen LogP) is 6.57. The van der Waals surface area contributed by atoms with Crippen LogP contribution in [-0.2, 0) is 17.9 Å². The molecule has 1 saturated heterocycles. The van der Waals surface area contributed by atoms with E-state index in [9.17, 15) is 19.7 Å². The van der Waals surface area contributed by atoms with Gasteiger partial charge in [0.1, 0.15) is 6.61 Å². The summed E-state index contributed by atoms with van der Waals surface area (Å²) in [6, 6.07) is 18.8. The highest BCUT2D eigenvalue weighted by Crippen LogP contribution is 2.36. The molecule has 1 aliphatic rings. The van der Waals surface area contributed by atoms with Crippen LogP contribution >= 0.6 is 27.7 Å². The molecule has 4 rings (SSSR count). The van der Waals surface area contributed by atoms with E-state index in [1.165, 1.54) is 17.0 Å². The van der Waals surface area contributed by atoms with Gasteiger partial charge in [-0.3, -0.25) is 24.6 Å². The first-order valence-corrected chi connectivity index (χ1v) is 12.6. The Hall–Kier alpha value is -3.63. The summed E-state index contributed by atoms with van der Waals surface area (Å²) in [6.45, 7) is 2.65. The summed E-state index contributed by atoms with van der Waals surface area (Å²) in [4.78, 5) is 37.4. The van der Waals surface area contributed by atoms with Crippen LogP contribution in [0.4, 0.5) is 10.5 Å². The van der Waals surface area contributed by atoms with Gasteiger partial charge in [-0.2, -0.15) is 0 Å². The SMILES string of the molecule is CCOc1cc(/C=C2/SC(=O)N(Cc3cccc(Br)c3)C2=O)ccc1OCc1ccc([N+](=O)[O-])cc1. The number of non-ortho nitro benzene ring substituents is 1. The molecule has 0 aromatic heterocycles. The molecule has 184 valence electrons. The van der Waals surface area contributed by atoms with Gasteiger partial charge in [-0.15, -0.1) is 0 Å². The first kappa shape index (κ1) is 25.5. The third-order valence-corrected chi connectivity index (χ3v) is 6.61. The van der Waals surface area contributed by atoms with Crippen LogP contribution in [0.2, 0.25) is 0 Å². The molecule has 1 heterocycles. The summed E-state index contributed by atoms with van der Waals surface area (Å²) in [6.07, 6.45) is 1.66. The van der Waals surface area contributed by atoms with Gasteiger partial charge in [-0.25, -0.2) is 0 Å². The van der Waals surface area contributed by atoms with Crippen molar-refractivity contribution in [1.29, 1.82) is 0 Å². The predicted molar refractivity (Wildman–Crippen MR) is 141 cm³/mol. The molecule has 0 aliphatic carbocycles. The van der Waals surface area contributed by atoms with Crippen LogP contribution in [0.25, 0.3) is 6.08 Å². The van der Waals surface area contributed by atoms with Crippen molar-refractivity contribution in [3.8, 4) is 11.5 Å². The average molecular weight is 569 g/mol. The van der Waals surface area contributed by atoms with Gasteiger partial charge in [-0.1, -0.05) is 34.1 Å². The third-order valence-electron chi connectivity index (χ3n) is 5.21. The number of amides is 2. The van der Waals surface area contributed by atoms with Gasteiger partial charge in [0, 0.05) is 16.6 Å². The number of nitro benzene ring substituents is 1. The Balaban J connectivity index is 1.48. The van der Waals surface area contributed by atoms with E-state index < -0.39 is 4.92 Å². The fourth-order valence-corrected chi connectivity index (χ4v) is 4.77. The highest BCUT2D eigenvalue weighted by molar-refractivity contribution is 9.10. The number of rotatable bonds is 9. The lowest BCUT2D eigenvalue weighted by atomic mass is 10.1. The smallest absolute Gasteiger partial charge is 0.293 e. The van der Waals surface area contributed by atoms with Gasteiger partial charge >= 0.3 is 0 Å². The molecule has 0 saturated carbocycles. The highest BCUT2D eigenvalue weighted by Gasteiger charge is 2.35. The molecule has 10 heteroatoms. The van der Waals surface area contributed by atoms with E-state index in [-0.39, 0.29) is 30.0 Å². The number of carbonyl (C=O) groups is 2. The van der Waals surface area contributed by atoms with Crippen LogP contribution in [0.3, 0.4) is 0 Å². The van der Waals surface area contributed by atoms with Gasteiger partial charge < -0.3 is 9.47 Å². The van der Waals surface area contributed by atoms with Gasteiger partial charge in [0.2, 0.25) is 0 Å². The van der Waals surface area contributed by atoms with E-state index in [0.29, 0.717) is 28.6 Å². The number of hydrogen-bond donors (Lipinski definition) is 0. The minimum atomic E-state index is -0.452. The van der Waals surface area contributed by atoms with Crippen molar-refractivity contribution in [2.45, 2.75) is 20.1 Å². The van der Waals surface area contributed by atoms with Crippen LogP contribution in [0.1, 0.15) is 23.6 Å². The maximum absolute atomic E-state index is 12.9. The summed E-state index contributed by atoms with van der Waals surface area (Å²) in [7, 11) is 0. The van der Waals surface area contributed by atoms with Gasteiger partial charge in [0.05, 0.1) is 23.0 Å². The second-order valence-electron chi connectivity index (χ2n) is 7.75. The number of thioether (sulfide) groups is 1. The zero-order valence-electron chi connectivity index (χ0n) is 19.2. The fraction of sp³-hybridized carbons (Fsp3) is 0.154. The van der Waals surface area contributed by atoms with Crippen molar-refractivity contribution in [1.82, 2.24) is 4.90 Å². The van der Waals surface area contributed by atoms with Crippen LogP contribution in [0.5, 0.6) is 11.5 Å². The Morgan fingerprint density at radius 1 is 1.00 bits per heavy atom. The number of ether oxygens (including phenoxy) is 2. The molecule has 1 fully saturated rings. The van der Waals surface area contributed by atoms with E-state index in [1.807, 2.05) is 31.2 Å². The minimum Gasteiger partial charge on any atom is -0.490 e. The Kier molecular flexibility index (Phi) is 8.07. The quantitative estimate of drug-likeness (QED) is 0.163. The van der Waals surface area contributed by atoms with Gasteiger partial charge in [0.25, 0.3) is 16.8 Å². The largest absolute Gasteiger partial charge is 0.490 e. The Morgan fingerprint density at radius 3 is 2.47 bits per heavy atom. The molecule has 0 atom stereocenters. The number of nitro groups is 1. The first-order valence-electron chi connectivity index (χ1n) is 11.0. The molecule has 8 nitrogen and oxygen atoms in total. The van der Waals surface area contributed by atoms with Gasteiger partial charge in [0.15, 0.2) is 11.5 Å². The van der Waals surface area contributed by atoms with Crippen molar-refractivity contribution < 1.29 is 24.0 Å². The van der Waals surface area contributed by atoms with Crippen LogP contribution < -0.4 is 9.47 Å². The van der Waals surface area contributed by atoms with E-state index >= 15 is 0 Å². The third kappa shape index (κ3) is 6.13. The zero-order chi connectivity index (χ0) is 25.7. The number of carbonyl (C=O) groups excluding carboxylic acids is 2. The van der Waals surface area contributed by atoms with Crippen molar-refractivity contribution >= 4 is 50.6 Å². The summed E-state index contributed by atoms with van der Waals surface area (Å²) in [5.41, 5.74) is 2.32. The second kappa shape index (κ2) is 11.4. The molecule has 0 unspecified atom stereocenters. The first-order chi connectivity index (χ1) is 17.3. The number of nitrogens with zero attached hydrogens (tertiary/aromatic N) is 2. The lowest BCUT2D eigenvalue weighted by Crippen LogP contribution is -2.27. The second-order valence-corrected chi connectivity index (χ2v) is 9.66. The minimum absolute atomic E-state index is 0.0131. The van der Waals surface area contributed by atoms with Crippen molar-refractivity contribution in [3.05, 3.63) is 103 Å². The molecule has 3 aromatic carbocycles. The highest BCUT2D eigenvalue weighted by atomic mass is 79.9. The molecule has 36 heavy (non-hydrogen) atoms. The molecule has 0 N–H and O–H groups in total. The number of halogens is 1. The Bertz CT molecular complexity index is 1340. The number of benzene rings is 3. The molecule has 3 aromatic rings. The molecular weight excluding hydrogens is 548 g/mol. The maximum atomic E-state index is 12.9. The van der Waals surface area contributed by atoms with E-state index in [0.717, 1.165) is 27.4 Å². The van der Waals surface area contributed by atoms with Crippen molar-refractivity contribution in [2.24, 2.45) is 0 Å². The normalized spacial score (nSPS) is 14.4. The van der Waals surface area contributed by atoms with Gasteiger partial charge in [-0.05, 0) is 77.9 Å². The number of hydrogen-bond acceptors (Lipinski definition) is 7. The lowest BCUT2D eigenvalue weighted by Gasteiger charge is -2.13. The average Bonchev–Trinajstić information content (AvgIpc) is 3.11. The molecule has 0 bridgehead atoms. The summed E-state index contributed by atoms with van der Waals surface area (Å²) < 4.78 is 12.5. The maximum Gasteiger partial charge on any atom is 0.293 e. The molecule has 1 aliphatic heterocycles. The topological polar surface area (TPSA) is 99.0 Å². The Labute approximate surface area is 220 Å². The number of imide groups is 1. The molecule has 0 spiro atoms. The van der Waals surface area contributed by atoms with Crippen molar-refractivity contribution in [2.75, 3.05) is 6.61 Å². The summed E-state index contributed by atoms with van der Waals surface area (Å²) >= 11 is 4.30. The van der Waals surface area contributed by atoms with E-state index in [4.69, 9.17) is 9.47 Å². The summed E-state index contributed by atoms with van der Waals surface area (Å²) in [5.74, 6) is 0.637. The fourth-order valence-electron chi connectivity index (χ4n) is 3.48. The van der Waals surface area contributed by atoms with E-state index in [2.05, 4.69) is 15.9 Å². The monoisotopic (exact) mass is 568 g/mol. The van der Waals surface area contributed by atoms with Crippen LogP contribution in [-0.4, -0.2) is 27.6 Å². The summed E-state index contributed by atoms with van der Waals surface area (Å²) in [5, 5.41) is 10.5.